The number of nitrogens with zero attached hydrogens (tertiary/aromatic N) is 7. The zero-order valence-electron chi connectivity index (χ0n) is 24.3. The van der Waals surface area contributed by atoms with Crippen molar-refractivity contribution in [2.75, 3.05) is 55.7 Å². The summed E-state index contributed by atoms with van der Waals surface area (Å²) in [7, 11) is 0. The molecule has 1 atom stereocenters. The molecule has 4 heterocycles. The number of hydrogen-bond acceptors (Lipinski definition) is 9. The van der Waals surface area contributed by atoms with Gasteiger partial charge in [0.2, 0.25) is 0 Å². The number of rotatable bonds is 7. The number of aromatic hydroxyl groups is 1. The third-order valence-electron chi connectivity index (χ3n) is 9.62. The number of carbonyl (C=O) groups is 1. The van der Waals surface area contributed by atoms with Gasteiger partial charge in [-0.05, 0) is 56.6 Å². The zero-order valence-corrected chi connectivity index (χ0v) is 24.3. The van der Waals surface area contributed by atoms with Crippen molar-refractivity contribution in [3.05, 3.63) is 47.7 Å². The van der Waals surface area contributed by atoms with E-state index in [0.29, 0.717) is 51.8 Å². The van der Waals surface area contributed by atoms with Crippen LogP contribution >= 0.6 is 0 Å². The van der Waals surface area contributed by atoms with Crippen LogP contribution < -0.4 is 14.5 Å². The van der Waals surface area contributed by atoms with Crippen molar-refractivity contribution < 1.29 is 19.7 Å². The van der Waals surface area contributed by atoms with Crippen molar-refractivity contribution in [3.8, 4) is 17.8 Å². The highest BCUT2D eigenvalue weighted by molar-refractivity contribution is 5.95. The lowest BCUT2D eigenvalue weighted by Crippen LogP contribution is -2.55. The van der Waals surface area contributed by atoms with Crippen LogP contribution in [0.2, 0.25) is 0 Å². The second-order valence-electron chi connectivity index (χ2n) is 12.3. The minimum Gasteiger partial charge on any atom is -0.508 e. The number of likely N-dealkylation sites (tertiary alicyclic amines) is 1. The van der Waals surface area contributed by atoms with Gasteiger partial charge in [0.1, 0.15) is 18.2 Å². The fourth-order valence-electron chi connectivity index (χ4n) is 7.12. The topological polar surface area (TPSA) is 129 Å². The van der Waals surface area contributed by atoms with Gasteiger partial charge < -0.3 is 29.6 Å². The third kappa shape index (κ3) is 5.25. The standard InChI is InChI=1S/C32H37N7O4/c33-11-7-23-19-37(15-16-39(23)31(41)42)29-26-8-14-36(28-18-24(40)17-22-5-1-2-6-25(22)28)20-27(26)34-30(35-29)43-21-32(9-10-32)38-12-3-4-13-38/h1-2,5-6,17-18,23,40H,3-4,7-10,12-16,19-21H2,(H,41,42). The van der Waals surface area contributed by atoms with E-state index in [1.165, 1.54) is 17.7 Å². The largest absolute Gasteiger partial charge is 0.508 e. The Bertz CT molecular complexity index is 1580. The molecule has 2 aromatic carbocycles. The Hall–Kier alpha value is -4.30. The Balaban J connectivity index is 1.22. The summed E-state index contributed by atoms with van der Waals surface area (Å²) in [6, 6.07) is 13.7. The van der Waals surface area contributed by atoms with E-state index in [1.54, 1.807) is 6.07 Å². The van der Waals surface area contributed by atoms with Crippen LogP contribution in [0.15, 0.2) is 36.4 Å². The molecule has 1 aliphatic carbocycles. The Kier molecular flexibility index (Phi) is 7.09. The zero-order chi connectivity index (χ0) is 29.6. The summed E-state index contributed by atoms with van der Waals surface area (Å²) in [5.41, 5.74) is 2.95. The summed E-state index contributed by atoms with van der Waals surface area (Å²) in [5.74, 6) is 1.00. The molecule has 2 N–H and O–H groups in total. The SMILES string of the molecule is N#CCC1CN(c2nc(OCC3(N4CCCC4)CC3)nc3c2CCN(c2cc(O)cc4ccccc24)C3)CCN1C(=O)O. The van der Waals surface area contributed by atoms with Crippen LogP contribution in [0.25, 0.3) is 10.8 Å². The number of anilines is 2. The molecule has 1 aromatic heterocycles. The molecule has 224 valence electrons. The maximum absolute atomic E-state index is 11.9. The summed E-state index contributed by atoms with van der Waals surface area (Å²) in [6.07, 6.45) is 4.51. The fourth-order valence-corrected chi connectivity index (χ4v) is 7.12. The highest BCUT2D eigenvalue weighted by Crippen LogP contribution is 2.44. The number of phenols is 1. The van der Waals surface area contributed by atoms with Crippen LogP contribution in [0.5, 0.6) is 11.8 Å². The van der Waals surface area contributed by atoms with Crippen molar-refractivity contribution in [2.24, 2.45) is 0 Å². The number of fused-ring (bicyclic) bond motifs is 2. The molecule has 0 bridgehead atoms. The third-order valence-corrected chi connectivity index (χ3v) is 9.62. The van der Waals surface area contributed by atoms with E-state index in [4.69, 9.17) is 14.7 Å². The summed E-state index contributed by atoms with van der Waals surface area (Å²) >= 11 is 0. The number of nitriles is 1. The molecule has 11 heteroatoms. The van der Waals surface area contributed by atoms with Gasteiger partial charge in [0.15, 0.2) is 0 Å². The molecular weight excluding hydrogens is 546 g/mol. The molecule has 0 radical (unpaired) electrons. The predicted octanol–water partition coefficient (Wildman–Crippen LogP) is 3.99. The molecule has 1 saturated carbocycles. The summed E-state index contributed by atoms with van der Waals surface area (Å²) < 4.78 is 6.40. The lowest BCUT2D eigenvalue weighted by atomic mass is 10.0. The highest BCUT2D eigenvalue weighted by atomic mass is 16.5. The van der Waals surface area contributed by atoms with Gasteiger partial charge in [0, 0.05) is 48.9 Å². The molecule has 1 amide bonds. The molecule has 7 rings (SSSR count). The molecule has 3 aromatic rings. The minimum absolute atomic E-state index is 0.0768. The van der Waals surface area contributed by atoms with E-state index in [0.717, 1.165) is 59.5 Å². The van der Waals surface area contributed by atoms with Crippen LogP contribution in [-0.2, 0) is 13.0 Å². The number of aromatic nitrogens is 2. The van der Waals surface area contributed by atoms with Crippen molar-refractivity contribution in [1.82, 2.24) is 19.8 Å². The molecular formula is C32H37N7O4. The Morgan fingerprint density at radius 2 is 1.88 bits per heavy atom. The molecule has 4 aliphatic rings. The molecule has 11 nitrogen and oxygen atoms in total. The van der Waals surface area contributed by atoms with E-state index < -0.39 is 12.1 Å². The van der Waals surface area contributed by atoms with Gasteiger partial charge >= 0.3 is 12.1 Å². The predicted molar refractivity (Wildman–Crippen MR) is 162 cm³/mol. The lowest BCUT2D eigenvalue weighted by Gasteiger charge is -2.41. The van der Waals surface area contributed by atoms with Gasteiger partial charge in [-0.25, -0.2) is 4.79 Å². The van der Waals surface area contributed by atoms with Crippen LogP contribution in [-0.4, -0.2) is 93.5 Å². The van der Waals surface area contributed by atoms with Gasteiger partial charge in [-0.15, -0.1) is 0 Å². The highest BCUT2D eigenvalue weighted by Gasteiger charge is 2.49. The van der Waals surface area contributed by atoms with Crippen LogP contribution in [0.1, 0.15) is 43.4 Å². The molecule has 1 unspecified atom stereocenters. The number of piperazine rings is 1. The Morgan fingerprint density at radius 3 is 2.65 bits per heavy atom. The van der Waals surface area contributed by atoms with Crippen LogP contribution in [0, 0.1) is 11.3 Å². The van der Waals surface area contributed by atoms with Gasteiger partial charge in [0.05, 0.1) is 36.3 Å². The van der Waals surface area contributed by atoms with Gasteiger partial charge in [-0.2, -0.15) is 15.2 Å². The number of benzene rings is 2. The number of phenolic OH excluding ortho intramolecular Hbond substituents is 1. The van der Waals surface area contributed by atoms with Crippen molar-refractivity contribution >= 4 is 28.4 Å². The smallest absolute Gasteiger partial charge is 0.407 e. The molecule has 43 heavy (non-hydrogen) atoms. The van der Waals surface area contributed by atoms with E-state index in [-0.39, 0.29) is 17.7 Å². The maximum atomic E-state index is 11.9. The fraction of sp³-hybridized carbons (Fsp3) is 0.500. The first-order chi connectivity index (χ1) is 20.9. The quantitative estimate of drug-likeness (QED) is 0.421. The van der Waals surface area contributed by atoms with Crippen molar-refractivity contribution in [1.29, 1.82) is 5.26 Å². The minimum atomic E-state index is -1.00. The van der Waals surface area contributed by atoms with E-state index in [9.17, 15) is 20.3 Å². The summed E-state index contributed by atoms with van der Waals surface area (Å²) in [6.45, 7) is 5.19. The van der Waals surface area contributed by atoms with Gasteiger partial charge in [-0.1, -0.05) is 24.3 Å². The monoisotopic (exact) mass is 583 g/mol. The van der Waals surface area contributed by atoms with Crippen LogP contribution in [0.3, 0.4) is 0 Å². The van der Waals surface area contributed by atoms with E-state index in [2.05, 4.69) is 26.8 Å². The average molecular weight is 584 g/mol. The number of hydrogen-bond donors (Lipinski definition) is 2. The molecule has 0 spiro atoms. The van der Waals surface area contributed by atoms with Crippen molar-refractivity contribution in [2.45, 2.75) is 56.7 Å². The first-order valence-electron chi connectivity index (χ1n) is 15.3. The number of amides is 1. The van der Waals surface area contributed by atoms with Gasteiger partial charge in [-0.3, -0.25) is 4.90 Å². The van der Waals surface area contributed by atoms with Crippen molar-refractivity contribution in [3.63, 3.8) is 0 Å². The summed E-state index contributed by atoms with van der Waals surface area (Å²) in [4.78, 5) is 30.1. The molecule has 2 saturated heterocycles. The lowest BCUT2D eigenvalue weighted by molar-refractivity contribution is 0.118. The average Bonchev–Trinajstić information content (AvgIpc) is 3.60. The first kappa shape index (κ1) is 27.5. The first-order valence-corrected chi connectivity index (χ1v) is 15.3. The molecule has 3 aliphatic heterocycles. The van der Waals surface area contributed by atoms with Gasteiger partial charge in [0.25, 0.3) is 0 Å². The Morgan fingerprint density at radius 1 is 1.07 bits per heavy atom. The number of ether oxygens (including phenoxy) is 1. The Labute approximate surface area is 250 Å². The van der Waals surface area contributed by atoms with E-state index >= 15 is 0 Å². The second kappa shape index (κ2) is 11.1. The molecule has 3 fully saturated rings. The van der Waals surface area contributed by atoms with Crippen LogP contribution in [0.4, 0.5) is 16.3 Å². The van der Waals surface area contributed by atoms with E-state index in [1.807, 2.05) is 24.3 Å². The number of carboxylic acid groups (broad SMARTS) is 1. The summed E-state index contributed by atoms with van der Waals surface area (Å²) in [5, 5.41) is 31.7. The second-order valence-corrected chi connectivity index (χ2v) is 12.3. The normalized spacial score (nSPS) is 21.5. The maximum Gasteiger partial charge on any atom is 0.407 e.